The highest BCUT2D eigenvalue weighted by atomic mass is 16.4. The molecule has 18 heavy (non-hydrogen) atoms. The maximum atomic E-state index is 11.2. The Labute approximate surface area is 111 Å². The molecule has 0 bridgehead atoms. The fraction of sp³-hybridized carbons (Fsp3) is 0.929. The summed E-state index contributed by atoms with van der Waals surface area (Å²) in [6.45, 7) is 8.25. The number of rotatable bonds is 6. The lowest BCUT2D eigenvalue weighted by atomic mass is 10.1. The van der Waals surface area contributed by atoms with E-state index in [-0.39, 0.29) is 6.04 Å². The molecule has 106 valence electrons. The molecule has 0 spiro atoms. The first-order valence-corrected chi connectivity index (χ1v) is 7.23. The number of likely N-dealkylation sites (tertiary alicyclic amines) is 1. The predicted octanol–water partition coefficient (Wildman–Crippen LogP) is 2.09. The van der Waals surface area contributed by atoms with E-state index in [1.165, 1.54) is 25.7 Å². The molecule has 1 aliphatic heterocycles. The fourth-order valence-electron chi connectivity index (χ4n) is 2.64. The molecule has 0 aromatic rings. The molecule has 0 amide bonds. The Morgan fingerprint density at radius 3 is 2.72 bits per heavy atom. The van der Waals surface area contributed by atoms with Crippen LogP contribution >= 0.6 is 0 Å². The van der Waals surface area contributed by atoms with Crippen LogP contribution in [0.1, 0.15) is 52.9 Å². The van der Waals surface area contributed by atoms with Gasteiger partial charge in [-0.15, -0.1) is 0 Å². The normalized spacial score (nSPS) is 23.9. The second-order valence-corrected chi connectivity index (χ2v) is 5.74. The molecular weight excluding hydrogens is 228 g/mol. The van der Waals surface area contributed by atoms with Crippen molar-refractivity contribution >= 4 is 5.97 Å². The Hall–Kier alpha value is -0.610. The van der Waals surface area contributed by atoms with Crippen LogP contribution in [0.5, 0.6) is 0 Å². The Bertz CT molecular complexity index is 256. The molecule has 1 aliphatic rings. The smallest absolute Gasteiger partial charge is 0.320 e. The highest BCUT2D eigenvalue weighted by Gasteiger charge is 2.22. The third kappa shape index (κ3) is 5.36. The topological polar surface area (TPSA) is 52.6 Å². The molecule has 0 saturated carbocycles. The first-order chi connectivity index (χ1) is 8.50. The van der Waals surface area contributed by atoms with Crippen LogP contribution in [-0.2, 0) is 4.79 Å². The van der Waals surface area contributed by atoms with Gasteiger partial charge in [0.25, 0.3) is 0 Å². The molecule has 1 heterocycles. The van der Waals surface area contributed by atoms with Crippen LogP contribution < -0.4 is 5.32 Å². The zero-order chi connectivity index (χ0) is 13.5. The number of hydrogen-bond donors (Lipinski definition) is 2. The zero-order valence-electron chi connectivity index (χ0n) is 12.0. The van der Waals surface area contributed by atoms with Crippen molar-refractivity contribution in [2.24, 2.45) is 0 Å². The number of hydrogen-bond acceptors (Lipinski definition) is 3. The van der Waals surface area contributed by atoms with Gasteiger partial charge in [0.1, 0.15) is 6.04 Å². The summed E-state index contributed by atoms with van der Waals surface area (Å²) in [6, 6.07) is 0.397. The summed E-state index contributed by atoms with van der Waals surface area (Å²) in [5.41, 5.74) is 0. The third-order valence-electron chi connectivity index (χ3n) is 3.73. The maximum absolute atomic E-state index is 11.2. The largest absolute Gasteiger partial charge is 0.480 e. The van der Waals surface area contributed by atoms with Crippen LogP contribution in [0.25, 0.3) is 0 Å². The Morgan fingerprint density at radius 1 is 1.39 bits per heavy atom. The van der Waals surface area contributed by atoms with Crippen LogP contribution in [0.4, 0.5) is 0 Å². The number of nitrogens with zero attached hydrogens (tertiary/aromatic N) is 1. The van der Waals surface area contributed by atoms with E-state index in [1.807, 2.05) is 13.8 Å². The summed E-state index contributed by atoms with van der Waals surface area (Å²) in [4.78, 5) is 13.6. The summed E-state index contributed by atoms with van der Waals surface area (Å²) < 4.78 is 0. The van der Waals surface area contributed by atoms with Crippen LogP contribution in [0, 0.1) is 0 Å². The highest BCUT2D eigenvalue weighted by molar-refractivity contribution is 5.73. The summed E-state index contributed by atoms with van der Waals surface area (Å²) >= 11 is 0. The van der Waals surface area contributed by atoms with Crippen LogP contribution in [0.3, 0.4) is 0 Å². The number of carboxylic acids is 1. The van der Waals surface area contributed by atoms with Gasteiger partial charge < -0.3 is 15.3 Å². The van der Waals surface area contributed by atoms with Gasteiger partial charge >= 0.3 is 5.97 Å². The maximum Gasteiger partial charge on any atom is 0.320 e. The number of carbonyl (C=O) groups is 1. The third-order valence-corrected chi connectivity index (χ3v) is 3.73. The van der Waals surface area contributed by atoms with E-state index in [0.29, 0.717) is 12.5 Å². The standard InChI is InChI=1S/C14H28N2O2/c1-11(2)15-13(14(17)18)8-10-16-9-6-4-5-7-12(16)3/h11-13,15H,4-10H2,1-3H3,(H,17,18). The molecule has 4 nitrogen and oxygen atoms in total. The predicted molar refractivity (Wildman–Crippen MR) is 73.8 cm³/mol. The van der Waals surface area contributed by atoms with Gasteiger partial charge in [-0.25, -0.2) is 0 Å². The average molecular weight is 256 g/mol. The SMILES string of the molecule is CC(C)NC(CCN1CCCCCC1C)C(=O)O. The minimum absolute atomic E-state index is 0.215. The lowest BCUT2D eigenvalue weighted by Crippen LogP contribution is -2.44. The van der Waals surface area contributed by atoms with Crippen molar-refractivity contribution in [1.29, 1.82) is 0 Å². The van der Waals surface area contributed by atoms with E-state index in [0.717, 1.165) is 13.1 Å². The summed E-state index contributed by atoms with van der Waals surface area (Å²) in [5.74, 6) is -0.730. The van der Waals surface area contributed by atoms with Crippen molar-refractivity contribution in [2.45, 2.75) is 71.0 Å². The van der Waals surface area contributed by atoms with E-state index in [1.54, 1.807) is 0 Å². The Morgan fingerprint density at radius 2 is 2.11 bits per heavy atom. The molecular formula is C14H28N2O2. The second-order valence-electron chi connectivity index (χ2n) is 5.74. The van der Waals surface area contributed by atoms with Gasteiger partial charge in [-0.05, 0) is 32.7 Å². The van der Waals surface area contributed by atoms with E-state index >= 15 is 0 Å². The van der Waals surface area contributed by atoms with Gasteiger partial charge in [0, 0.05) is 18.6 Å². The second kappa shape index (κ2) is 7.74. The molecule has 2 unspecified atom stereocenters. The van der Waals surface area contributed by atoms with Crippen molar-refractivity contribution in [1.82, 2.24) is 10.2 Å². The number of carboxylic acid groups (broad SMARTS) is 1. The summed E-state index contributed by atoms with van der Waals surface area (Å²) in [5, 5.41) is 12.3. The minimum Gasteiger partial charge on any atom is -0.480 e. The number of aliphatic carboxylic acids is 1. The first-order valence-electron chi connectivity index (χ1n) is 7.23. The zero-order valence-corrected chi connectivity index (χ0v) is 12.0. The van der Waals surface area contributed by atoms with Crippen molar-refractivity contribution in [3.63, 3.8) is 0 Å². The molecule has 2 N–H and O–H groups in total. The van der Waals surface area contributed by atoms with Gasteiger partial charge in [-0.1, -0.05) is 26.7 Å². The Kier molecular flexibility index (Phi) is 6.65. The van der Waals surface area contributed by atoms with Gasteiger partial charge in [-0.2, -0.15) is 0 Å². The van der Waals surface area contributed by atoms with Crippen LogP contribution in [-0.4, -0.2) is 47.2 Å². The molecule has 2 atom stereocenters. The molecule has 0 aliphatic carbocycles. The molecule has 1 saturated heterocycles. The molecule has 4 heteroatoms. The van der Waals surface area contributed by atoms with Crippen molar-refractivity contribution in [3.8, 4) is 0 Å². The van der Waals surface area contributed by atoms with Crippen molar-refractivity contribution in [3.05, 3.63) is 0 Å². The lowest BCUT2D eigenvalue weighted by Gasteiger charge is -2.28. The monoisotopic (exact) mass is 256 g/mol. The van der Waals surface area contributed by atoms with E-state index < -0.39 is 12.0 Å². The Balaban J connectivity index is 2.42. The van der Waals surface area contributed by atoms with Gasteiger partial charge in [0.15, 0.2) is 0 Å². The van der Waals surface area contributed by atoms with E-state index in [2.05, 4.69) is 17.1 Å². The van der Waals surface area contributed by atoms with Crippen molar-refractivity contribution in [2.75, 3.05) is 13.1 Å². The molecule has 0 aromatic carbocycles. The highest BCUT2D eigenvalue weighted by Crippen LogP contribution is 2.16. The van der Waals surface area contributed by atoms with Gasteiger partial charge in [0.05, 0.1) is 0 Å². The van der Waals surface area contributed by atoms with Crippen LogP contribution in [0.2, 0.25) is 0 Å². The molecule has 0 radical (unpaired) electrons. The van der Waals surface area contributed by atoms with E-state index in [9.17, 15) is 9.90 Å². The number of nitrogens with one attached hydrogen (secondary N) is 1. The first kappa shape index (κ1) is 15.4. The minimum atomic E-state index is -0.730. The average Bonchev–Trinajstić information content (AvgIpc) is 2.48. The van der Waals surface area contributed by atoms with Crippen LogP contribution in [0.15, 0.2) is 0 Å². The summed E-state index contributed by atoms with van der Waals surface area (Å²) in [7, 11) is 0. The van der Waals surface area contributed by atoms with E-state index in [4.69, 9.17) is 0 Å². The molecule has 0 aromatic heterocycles. The lowest BCUT2D eigenvalue weighted by molar-refractivity contribution is -0.140. The van der Waals surface area contributed by atoms with Gasteiger partial charge in [0.2, 0.25) is 0 Å². The molecule has 1 fully saturated rings. The summed E-state index contributed by atoms with van der Waals surface area (Å²) in [6.07, 6.45) is 5.81. The fourth-order valence-corrected chi connectivity index (χ4v) is 2.64. The molecule has 1 rings (SSSR count). The quantitative estimate of drug-likeness (QED) is 0.764. The van der Waals surface area contributed by atoms with Gasteiger partial charge in [-0.3, -0.25) is 4.79 Å². The van der Waals surface area contributed by atoms with Crippen molar-refractivity contribution < 1.29 is 9.90 Å².